The number of hydrogen-bond donors (Lipinski definition) is 0. The molecule has 3 heteroatoms. The third-order valence-electron chi connectivity index (χ3n) is 3.40. The van der Waals surface area contributed by atoms with Gasteiger partial charge in [-0.15, -0.1) is 0 Å². The Morgan fingerprint density at radius 1 is 1.56 bits per heavy atom. The van der Waals surface area contributed by atoms with Crippen LogP contribution < -0.4 is 0 Å². The molecule has 0 aromatic heterocycles. The molecular formula is C13H22N2O. The standard InChI is InChI=1S/C13H22N2O/c1-4-11-8-12(16)15(9-11)7-5-6-13(2,3)10-14/h11H,4-9H2,1-3H3. The molecule has 1 aliphatic heterocycles. The lowest BCUT2D eigenvalue weighted by atomic mass is 9.90. The van der Waals surface area contributed by atoms with Crippen LogP contribution in [0.1, 0.15) is 46.5 Å². The number of amides is 1. The van der Waals surface area contributed by atoms with Gasteiger partial charge < -0.3 is 4.90 Å². The van der Waals surface area contributed by atoms with Gasteiger partial charge in [0.1, 0.15) is 0 Å². The first-order valence-electron chi connectivity index (χ1n) is 6.17. The smallest absolute Gasteiger partial charge is 0.222 e. The van der Waals surface area contributed by atoms with E-state index in [1.54, 1.807) is 0 Å². The van der Waals surface area contributed by atoms with Gasteiger partial charge in [0, 0.05) is 19.5 Å². The van der Waals surface area contributed by atoms with Crippen molar-refractivity contribution < 1.29 is 4.79 Å². The first kappa shape index (κ1) is 13.0. The summed E-state index contributed by atoms with van der Waals surface area (Å²) in [5.41, 5.74) is -0.257. The molecule has 0 bridgehead atoms. The summed E-state index contributed by atoms with van der Waals surface area (Å²) >= 11 is 0. The molecule has 1 unspecified atom stereocenters. The van der Waals surface area contributed by atoms with Crippen LogP contribution in [0.4, 0.5) is 0 Å². The molecule has 1 saturated heterocycles. The highest BCUT2D eigenvalue weighted by atomic mass is 16.2. The second-order valence-corrected chi connectivity index (χ2v) is 5.42. The van der Waals surface area contributed by atoms with Crippen molar-refractivity contribution in [1.82, 2.24) is 4.90 Å². The average Bonchev–Trinajstić information content (AvgIpc) is 2.60. The van der Waals surface area contributed by atoms with E-state index < -0.39 is 0 Å². The maximum absolute atomic E-state index is 11.6. The molecule has 0 aromatic carbocycles. The molecule has 1 heterocycles. The van der Waals surface area contributed by atoms with E-state index in [0.717, 1.165) is 38.8 Å². The lowest BCUT2D eigenvalue weighted by Gasteiger charge is -2.19. The van der Waals surface area contributed by atoms with Crippen molar-refractivity contribution in [2.24, 2.45) is 11.3 Å². The van der Waals surface area contributed by atoms with E-state index in [2.05, 4.69) is 13.0 Å². The molecule has 1 aliphatic rings. The van der Waals surface area contributed by atoms with E-state index in [4.69, 9.17) is 5.26 Å². The van der Waals surface area contributed by atoms with Crippen LogP contribution >= 0.6 is 0 Å². The number of hydrogen-bond acceptors (Lipinski definition) is 2. The van der Waals surface area contributed by atoms with Crippen LogP contribution in [0.2, 0.25) is 0 Å². The first-order chi connectivity index (χ1) is 7.48. The molecule has 3 nitrogen and oxygen atoms in total. The fourth-order valence-corrected chi connectivity index (χ4v) is 2.11. The van der Waals surface area contributed by atoms with Crippen LogP contribution in [-0.2, 0) is 4.79 Å². The van der Waals surface area contributed by atoms with Crippen molar-refractivity contribution in [3.63, 3.8) is 0 Å². The Morgan fingerprint density at radius 2 is 2.25 bits per heavy atom. The highest BCUT2D eigenvalue weighted by Gasteiger charge is 2.28. The van der Waals surface area contributed by atoms with Crippen molar-refractivity contribution in [2.75, 3.05) is 13.1 Å². The maximum Gasteiger partial charge on any atom is 0.222 e. The number of nitriles is 1. The zero-order valence-electron chi connectivity index (χ0n) is 10.6. The Bertz CT molecular complexity index is 291. The van der Waals surface area contributed by atoms with E-state index in [0.29, 0.717) is 11.8 Å². The van der Waals surface area contributed by atoms with Gasteiger partial charge >= 0.3 is 0 Å². The van der Waals surface area contributed by atoms with Crippen molar-refractivity contribution in [1.29, 1.82) is 5.26 Å². The lowest BCUT2D eigenvalue weighted by molar-refractivity contribution is -0.127. The van der Waals surface area contributed by atoms with Gasteiger partial charge in [0.2, 0.25) is 5.91 Å². The van der Waals surface area contributed by atoms with Crippen LogP contribution in [0.25, 0.3) is 0 Å². The van der Waals surface area contributed by atoms with Crippen LogP contribution in [0.3, 0.4) is 0 Å². The van der Waals surface area contributed by atoms with Crippen molar-refractivity contribution >= 4 is 5.91 Å². The fraction of sp³-hybridized carbons (Fsp3) is 0.846. The molecular weight excluding hydrogens is 200 g/mol. The van der Waals surface area contributed by atoms with Gasteiger partial charge in [0.05, 0.1) is 11.5 Å². The predicted molar refractivity (Wildman–Crippen MR) is 63.6 cm³/mol. The third kappa shape index (κ3) is 3.52. The number of carbonyl (C=O) groups excluding carboxylic acids is 1. The zero-order valence-corrected chi connectivity index (χ0v) is 10.6. The quantitative estimate of drug-likeness (QED) is 0.717. The van der Waals surface area contributed by atoms with Gasteiger partial charge in [-0.25, -0.2) is 0 Å². The van der Waals surface area contributed by atoms with Gasteiger partial charge in [-0.1, -0.05) is 13.3 Å². The maximum atomic E-state index is 11.6. The van der Waals surface area contributed by atoms with Gasteiger partial charge in [-0.3, -0.25) is 4.79 Å². The Morgan fingerprint density at radius 3 is 2.75 bits per heavy atom. The highest BCUT2D eigenvalue weighted by molar-refractivity contribution is 5.78. The van der Waals surface area contributed by atoms with Gasteiger partial charge in [0.25, 0.3) is 0 Å². The average molecular weight is 222 g/mol. The minimum Gasteiger partial charge on any atom is -0.342 e. The molecule has 90 valence electrons. The van der Waals surface area contributed by atoms with Crippen LogP contribution in [-0.4, -0.2) is 23.9 Å². The molecule has 0 N–H and O–H groups in total. The highest BCUT2D eigenvalue weighted by Crippen LogP contribution is 2.24. The Kier molecular flexibility index (Phi) is 4.35. The number of rotatable bonds is 5. The number of likely N-dealkylation sites (tertiary alicyclic amines) is 1. The van der Waals surface area contributed by atoms with E-state index in [-0.39, 0.29) is 5.41 Å². The summed E-state index contributed by atoms with van der Waals surface area (Å²) in [5.74, 6) is 0.845. The molecule has 0 aliphatic carbocycles. The van der Waals surface area contributed by atoms with E-state index >= 15 is 0 Å². The van der Waals surface area contributed by atoms with E-state index in [9.17, 15) is 4.79 Å². The SMILES string of the molecule is CCC1CC(=O)N(CCCC(C)(C)C#N)C1. The van der Waals surface area contributed by atoms with Gasteiger partial charge in [-0.2, -0.15) is 5.26 Å². The molecule has 0 saturated carbocycles. The molecule has 0 aromatic rings. The van der Waals surface area contributed by atoms with Crippen LogP contribution in [0, 0.1) is 22.7 Å². The second kappa shape index (κ2) is 5.34. The van der Waals surface area contributed by atoms with Crippen LogP contribution in [0.15, 0.2) is 0 Å². The molecule has 16 heavy (non-hydrogen) atoms. The van der Waals surface area contributed by atoms with Crippen molar-refractivity contribution in [2.45, 2.75) is 46.5 Å². The predicted octanol–water partition coefficient (Wildman–Crippen LogP) is 2.57. The minimum absolute atomic E-state index is 0.257. The number of carbonyl (C=O) groups is 1. The minimum atomic E-state index is -0.257. The van der Waals surface area contributed by atoms with E-state index in [1.165, 1.54) is 0 Å². The lowest BCUT2D eigenvalue weighted by Crippen LogP contribution is -2.27. The number of nitrogens with zero attached hydrogens (tertiary/aromatic N) is 2. The van der Waals surface area contributed by atoms with Crippen molar-refractivity contribution in [3.05, 3.63) is 0 Å². The second-order valence-electron chi connectivity index (χ2n) is 5.42. The first-order valence-corrected chi connectivity index (χ1v) is 6.17. The van der Waals surface area contributed by atoms with E-state index in [1.807, 2.05) is 18.7 Å². The summed E-state index contributed by atoms with van der Waals surface area (Å²) in [6.07, 6.45) is 3.61. The molecule has 0 radical (unpaired) electrons. The monoisotopic (exact) mass is 222 g/mol. The molecule has 1 amide bonds. The summed E-state index contributed by atoms with van der Waals surface area (Å²) in [6.45, 7) is 7.78. The summed E-state index contributed by atoms with van der Waals surface area (Å²) in [6, 6.07) is 2.29. The largest absolute Gasteiger partial charge is 0.342 e. The Balaban J connectivity index is 2.29. The molecule has 0 spiro atoms. The summed E-state index contributed by atoms with van der Waals surface area (Å²) < 4.78 is 0. The van der Waals surface area contributed by atoms with Crippen molar-refractivity contribution in [3.8, 4) is 6.07 Å². The Labute approximate surface area is 98.4 Å². The Hall–Kier alpha value is -1.04. The molecule has 1 fully saturated rings. The van der Waals surface area contributed by atoms with Crippen LogP contribution in [0.5, 0.6) is 0 Å². The molecule has 1 atom stereocenters. The molecule has 1 rings (SSSR count). The third-order valence-corrected chi connectivity index (χ3v) is 3.40. The normalized spacial score (nSPS) is 21.2. The van der Waals surface area contributed by atoms with Gasteiger partial charge in [0.15, 0.2) is 0 Å². The zero-order chi connectivity index (χ0) is 12.2. The summed E-state index contributed by atoms with van der Waals surface area (Å²) in [5, 5.41) is 8.89. The topological polar surface area (TPSA) is 44.1 Å². The fourth-order valence-electron chi connectivity index (χ4n) is 2.11. The summed E-state index contributed by atoms with van der Waals surface area (Å²) in [7, 11) is 0. The van der Waals surface area contributed by atoms with Gasteiger partial charge in [-0.05, 0) is 32.6 Å². The summed E-state index contributed by atoms with van der Waals surface area (Å²) in [4.78, 5) is 13.6.